The van der Waals surface area contributed by atoms with E-state index >= 15 is 0 Å². The van der Waals surface area contributed by atoms with Crippen LogP contribution in [0, 0.1) is 17.2 Å². The van der Waals surface area contributed by atoms with Gasteiger partial charge in [0.1, 0.15) is 11.4 Å². The van der Waals surface area contributed by atoms with E-state index in [0.717, 1.165) is 25.9 Å². The number of para-hydroxylation sites is 2. The molecule has 0 spiro atoms. The third-order valence-electron chi connectivity index (χ3n) is 5.73. The fraction of sp³-hybridized carbons (Fsp3) is 0.348. The van der Waals surface area contributed by atoms with E-state index in [1.54, 1.807) is 18.2 Å². The Bertz CT molecular complexity index is 1230. The number of fused-ring (bicyclic) bond motifs is 1. The summed E-state index contributed by atoms with van der Waals surface area (Å²) in [4.78, 5) is 11.5. The Hall–Kier alpha value is -3.18. The van der Waals surface area contributed by atoms with Crippen molar-refractivity contribution < 1.29 is 13.2 Å². The molecule has 1 aromatic heterocycles. The third-order valence-corrected chi connectivity index (χ3v) is 7.60. The van der Waals surface area contributed by atoms with Crippen LogP contribution in [0.3, 0.4) is 0 Å². The maximum atomic E-state index is 13.4. The van der Waals surface area contributed by atoms with Crippen molar-refractivity contribution in [1.29, 1.82) is 5.26 Å². The highest BCUT2D eigenvalue weighted by Crippen LogP contribution is 2.35. The van der Waals surface area contributed by atoms with Gasteiger partial charge in [0.05, 0.1) is 29.1 Å². The summed E-state index contributed by atoms with van der Waals surface area (Å²) < 4.78 is 32.0. The molecular formula is C23H24N4O3S. The predicted octanol–water partition coefficient (Wildman–Crippen LogP) is 3.91. The molecule has 1 atom stereocenters. The second kappa shape index (κ2) is 8.52. The van der Waals surface area contributed by atoms with Crippen LogP contribution in [0.1, 0.15) is 30.7 Å². The molecule has 1 aliphatic rings. The van der Waals surface area contributed by atoms with Gasteiger partial charge in [0.25, 0.3) is 0 Å². The maximum absolute atomic E-state index is 13.4. The zero-order chi connectivity index (χ0) is 22.0. The van der Waals surface area contributed by atoms with Crippen molar-refractivity contribution in [2.24, 2.45) is 5.92 Å². The van der Waals surface area contributed by atoms with E-state index in [0.29, 0.717) is 28.5 Å². The average Bonchev–Trinajstić information content (AvgIpc) is 2.79. The van der Waals surface area contributed by atoms with E-state index in [-0.39, 0.29) is 10.6 Å². The van der Waals surface area contributed by atoms with Gasteiger partial charge in [-0.15, -0.1) is 0 Å². The van der Waals surface area contributed by atoms with Gasteiger partial charge in [-0.05, 0) is 55.2 Å². The lowest BCUT2D eigenvalue weighted by Crippen LogP contribution is -2.35. The summed E-state index contributed by atoms with van der Waals surface area (Å²) in [6.07, 6.45) is 1.97. The molecule has 2 aromatic carbocycles. The van der Waals surface area contributed by atoms with Crippen molar-refractivity contribution in [3.8, 4) is 11.8 Å². The van der Waals surface area contributed by atoms with Crippen molar-refractivity contribution in [3.05, 3.63) is 54.2 Å². The van der Waals surface area contributed by atoms with Gasteiger partial charge < -0.3 is 9.64 Å². The lowest BCUT2D eigenvalue weighted by Gasteiger charge is -2.32. The zero-order valence-electron chi connectivity index (χ0n) is 17.5. The number of piperidine rings is 1. The van der Waals surface area contributed by atoms with Gasteiger partial charge in [-0.1, -0.05) is 19.1 Å². The summed E-state index contributed by atoms with van der Waals surface area (Å²) >= 11 is 0. The number of nitriles is 1. The number of methoxy groups -OCH3 is 1. The molecule has 0 N–H and O–H groups in total. The van der Waals surface area contributed by atoms with E-state index in [1.165, 1.54) is 19.2 Å². The summed E-state index contributed by atoms with van der Waals surface area (Å²) in [6, 6.07) is 15.4. The van der Waals surface area contributed by atoms with Gasteiger partial charge in [0.2, 0.25) is 9.84 Å². The normalized spacial score (nSPS) is 16.1. The third kappa shape index (κ3) is 4.06. The van der Waals surface area contributed by atoms with Crippen molar-refractivity contribution in [1.82, 2.24) is 9.97 Å². The summed E-state index contributed by atoms with van der Waals surface area (Å²) in [7, 11) is -2.50. The molecule has 3 aromatic rings. The van der Waals surface area contributed by atoms with E-state index in [9.17, 15) is 13.7 Å². The standard InChI is InChI=1S/C23H24N4O3S/c1-16-11-13-27(14-12-16)23-22(25-19-5-3-4-6-20(19)26-23)21(15-24)31(28,29)18-9-7-17(30-2)8-10-18/h3-10,16,21H,11-14H2,1-2H3/t21-/m0/s1. The number of sulfone groups is 1. The van der Waals surface area contributed by atoms with Crippen LogP contribution in [0.4, 0.5) is 5.82 Å². The monoisotopic (exact) mass is 436 g/mol. The zero-order valence-corrected chi connectivity index (χ0v) is 18.3. The Kier molecular flexibility index (Phi) is 5.79. The highest BCUT2D eigenvalue weighted by atomic mass is 32.2. The number of benzene rings is 2. The van der Waals surface area contributed by atoms with Gasteiger partial charge in [0, 0.05) is 13.1 Å². The summed E-state index contributed by atoms with van der Waals surface area (Å²) in [5.74, 6) is 1.62. The molecule has 160 valence electrons. The first-order valence-corrected chi connectivity index (χ1v) is 11.8. The Balaban J connectivity index is 1.85. The number of hydrogen-bond donors (Lipinski definition) is 0. The molecule has 7 nitrogen and oxygen atoms in total. The molecule has 1 saturated heterocycles. The Labute approximate surface area is 182 Å². The fourth-order valence-electron chi connectivity index (χ4n) is 3.81. The van der Waals surface area contributed by atoms with Crippen molar-refractivity contribution in [2.45, 2.75) is 29.9 Å². The van der Waals surface area contributed by atoms with Crippen molar-refractivity contribution in [3.63, 3.8) is 0 Å². The second-order valence-electron chi connectivity index (χ2n) is 7.82. The molecule has 31 heavy (non-hydrogen) atoms. The molecule has 0 bridgehead atoms. The summed E-state index contributed by atoms with van der Waals surface area (Å²) in [5, 5.41) is 8.51. The van der Waals surface area contributed by atoms with Gasteiger partial charge >= 0.3 is 0 Å². The van der Waals surface area contributed by atoms with E-state index in [2.05, 4.69) is 16.8 Å². The fourth-order valence-corrected chi connectivity index (χ4v) is 5.19. The highest BCUT2D eigenvalue weighted by Gasteiger charge is 2.35. The van der Waals surface area contributed by atoms with Crippen LogP contribution in [-0.2, 0) is 9.84 Å². The summed E-state index contributed by atoms with van der Waals surface area (Å²) in [6.45, 7) is 3.71. The SMILES string of the molecule is COc1ccc(S(=O)(=O)[C@@H](C#N)c2nc3ccccc3nc2N2CCC(C)CC2)cc1. The molecular weight excluding hydrogens is 412 g/mol. The first-order chi connectivity index (χ1) is 14.9. The maximum Gasteiger partial charge on any atom is 0.200 e. The quantitative estimate of drug-likeness (QED) is 0.598. The number of anilines is 1. The molecule has 2 heterocycles. The van der Waals surface area contributed by atoms with E-state index < -0.39 is 15.1 Å². The van der Waals surface area contributed by atoms with Gasteiger partial charge in [-0.25, -0.2) is 18.4 Å². The van der Waals surface area contributed by atoms with Crippen LogP contribution in [0.5, 0.6) is 5.75 Å². The molecule has 0 radical (unpaired) electrons. The molecule has 1 aliphatic heterocycles. The van der Waals surface area contributed by atoms with Gasteiger partial charge in [-0.2, -0.15) is 5.26 Å². The molecule has 0 saturated carbocycles. The lowest BCUT2D eigenvalue weighted by molar-refractivity contribution is 0.414. The number of rotatable bonds is 5. The lowest BCUT2D eigenvalue weighted by atomic mass is 9.99. The molecule has 4 rings (SSSR count). The first kappa shape index (κ1) is 21.1. The highest BCUT2D eigenvalue weighted by molar-refractivity contribution is 7.92. The number of ether oxygens (including phenoxy) is 1. The molecule has 0 aliphatic carbocycles. The predicted molar refractivity (Wildman–Crippen MR) is 119 cm³/mol. The number of hydrogen-bond acceptors (Lipinski definition) is 7. The first-order valence-electron chi connectivity index (χ1n) is 10.2. The molecule has 1 fully saturated rings. The minimum atomic E-state index is -4.02. The molecule has 0 amide bonds. The second-order valence-corrected chi connectivity index (χ2v) is 9.85. The van der Waals surface area contributed by atoms with Crippen LogP contribution in [0.15, 0.2) is 53.4 Å². The van der Waals surface area contributed by atoms with Gasteiger partial charge in [-0.3, -0.25) is 0 Å². The van der Waals surface area contributed by atoms with Crippen LogP contribution < -0.4 is 9.64 Å². The number of aromatic nitrogens is 2. The Morgan fingerprint density at radius 3 is 2.26 bits per heavy atom. The van der Waals surface area contributed by atoms with Crippen molar-refractivity contribution in [2.75, 3.05) is 25.1 Å². The topological polar surface area (TPSA) is 96.2 Å². The van der Waals surface area contributed by atoms with Crippen LogP contribution in [0.2, 0.25) is 0 Å². The Morgan fingerprint density at radius 1 is 1.06 bits per heavy atom. The minimum Gasteiger partial charge on any atom is -0.497 e. The van der Waals surface area contributed by atoms with Crippen molar-refractivity contribution >= 4 is 26.7 Å². The van der Waals surface area contributed by atoms with E-state index in [1.807, 2.05) is 24.3 Å². The Morgan fingerprint density at radius 2 is 1.68 bits per heavy atom. The average molecular weight is 437 g/mol. The van der Waals surface area contributed by atoms with Gasteiger partial charge in [0.15, 0.2) is 11.1 Å². The van der Waals surface area contributed by atoms with E-state index in [4.69, 9.17) is 9.72 Å². The smallest absolute Gasteiger partial charge is 0.200 e. The van der Waals surface area contributed by atoms with Crippen LogP contribution in [-0.4, -0.2) is 38.6 Å². The largest absolute Gasteiger partial charge is 0.497 e. The van der Waals surface area contributed by atoms with Crippen LogP contribution >= 0.6 is 0 Å². The summed E-state index contributed by atoms with van der Waals surface area (Å²) in [5.41, 5.74) is 1.43. The number of nitrogens with zero attached hydrogens (tertiary/aromatic N) is 4. The molecule has 8 heteroatoms. The molecule has 0 unspecified atom stereocenters. The minimum absolute atomic E-state index is 0.0491. The van der Waals surface area contributed by atoms with Crippen LogP contribution in [0.25, 0.3) is 11.0 Å².